The highest BCUT2D eigenvalue weighted by Crippen LogP contribution is 2.36. The Morgan fingerprint density at radius 1 is 1.29 bits per heavy atom. The molecule has 2 aromatic heterocycles. The molecule has 0 aromatic carbocycles. The molecule has 2 aromatic rings. The zero-order valence-corrected chi connectivity index (χ0v) is 12.5. The molecule has 106 valence electrons. The van der Waals surface area contributed by atoms with Crippen LogP contribution in [0.3, 0.4) is 0 Å². The van der Waals surface area contributed by atoms with Gasteiger partial charge in [0.1, 0.15) is 5.82 Å². The monoisotopic (exact) mass is 280 g/mol. The molecule has 0 radical (unpaired) electrons. The lowest BCUT2D eigenvalue weighted by Gasteiger charge is -2.22. The third kappa shape index (κ3) is 2.07. The molecule has 0 saturated carbocycles. The number of hydrogen-bond acceptors (Lipinski definition) is 4. The smallest absolute Gasteiger partial charge is 0.261 e. The van der Waals surface area contributed by atoms with Crippen molar-refractivity contribution in [2.75, 3.05) is 23.4 Å². The standard InChI is InChI=1S/C15H17BN4O/c1-4-20-13-11(8-10(16-2)9-18-13)15(21)19(3)12-6-5-7-17-14(12)20/h5-9,16H,4H2,1-3H3. The van der Waals surface area contributed by atoms with Gasteiger partial charge in [0.15, 0.2) is 13.1 Å². The summed E-state index contributed by atoms with van der Waals surface area (Å²) in [4.78, 5) is 25.4. The largest absolute Gasteiger partial charge is 0.309 e. The van der Waals surface area contributed by atoms with Crippen LogP contribution in [0.5, 0.6) is 0 Å². The summed E-state index contributed by atoms with van der Waals surface area (Å²) < 4.78 is 0. The Morgan fingerprint density at radius 3 is 2.81 bits per heavy atom. The topological polar surface area (TPSA) is 49.3 Å². The summed E-state index contributed by atoms with van der Waals surface area (Å²) in [5.74, 6) is 1.41. The van der Waals surface area contributed by atoms with Crippen LogP contribution in [0, 0.1) is 0 Å². The fourth-order valence-electron chi connectivity index (χ4n) is 2.61. The van der Waals surface area contributed by atoms with Crippen molar-refractivity contribution in [1.82, 2.24) is 9.97 Å². The highest BCUT2D eigenvalue weighted by atomic mass is 16.2. The number of hydrogen-bond donors (Lipinski definition) is 0. The molecule has 0 fully saturated rings. The van der Waals surface area contributed by atoms with E-state index >= 15 is 0 Å². The van der Waals surface area contributed by atoms with E-state index in [-0.39, 0.29) is 5.91 Å². The van der Waals surface area contributed by atoms with Gasteiger partial charge in [-0.05, 0) is 19.1 Å². The normalized spacial score (nSPS) is 13.6. The minimum absolute atomic E-state index is 0.0435. The Hall–Kier alpha value is -2.37. The van der Waals surface area contributed by atoms with Crippen LogP contribution in [0.15, 0.2) is 30.6 Å². The van der Waals surface area contributed by atoms with E-state index in [1.54, 1.807) is 18.1 Å². The van der Waals surface area contributed by atoms with Crippen molar-refractivity contribution in [2.45, 2.75) is 13.7 Å². The van der Waals surface area contributed by atoms with Crippen molar-refractivity contribution in [1.29, 1.82) is 0 Å². The fourth-order valence-corrected chi connectivity index (χ4v) is 2.61. The molecule has 0 spiro atoms. The first kappa shape index (κ1) is 13.6. The second kappa shape index (κ2) is 5.20. The van der Waals surface area contributed by atoms with E-state index in [9.17, 15) is 4.79 Å². The molecule has 1 aliphatic heterocycles. The van der Waals surface area contributed by atoms with Gasteiger partial charge >= 0.3 is 0 Å². The van der Waals surface area contributed by atoms with Crippen molar-refractivity contribution in [3.05, 3.63) is 36.2 Å². The van der Waals surface area contributed by atoms with Crippen LogP contribution in [-0.2, 0) is 0 Å². The molecule has 1 amide bonds. The van der Waals surface area contributed by atoms with Gasteiger partial charge in [-0.25, -0.2) is 9.97 Å². The second-order valence-electron chi connectivity index (χ2n) is 5.02. The Morgan fingerprint density at radius 2 is 2.10 bits per heavy atom. The van der Waals surface area contributed by atoms with Gasteiger partial charge in [0.25, 0.3) is 5.91 Å². The maximum absolute atomic E-state index is 12.8. The summed E-state index contributed by atoms with van der Waals surface area (Å²) >= 11 is 0. The highest BCUT2D eigenvalue weighted by Gasteiger charge is 2.30. The van der Waals surface area contributed by atoms with E-state index < -0.39 is 0 Å². The molecule has 21 heavy (non-hydrogen) atoms. The summed E-state index contributed by atoms with van der Waals surface area (Å²) in [5.41, 5.74) is 2.50. The predicted molar refractivity (Wildman–Crippen MR) is 86.5 cm³/mol. The first-order chi connectivity index (χ1) is 10.2. The van der Waals surface area contributed by atoms with Crippen molar-refractivity contribution in [2.24, 2.45) is 0 Å². The van der Waals surface area contributed by atoms with Crippen LogP contribution in [-0.4, -0.2) is 36.7 Å². The molecular weight excluding hydrogens is 263 g/mol. The molecule has 3 rings (SSSR count). The number of fused-ring (bicyclic) bond motifs is 2. The zero-order valence-electron chi connectivity index (χ0n) is 12.5. The van der Waals surface area contributed by atoms with E-state index in [2.05, 4.69) is 16.8 Å². The number of carbonyl (C=O) groups is 1. The second-order valence-corrected chi connectivity index (χ2v) is 5.02. The molecule has 0 N–H and O–H groups in total. The average molecular weight is 280 g/mol. The molecule has 0 saturated heterocycles. The number of rotatable bonds is 2. The number of carbonyl (C=O) groups excluding carboxylic acids is 1. The van der Waals surface area contributed by atoms with Crippen molar-refractivity contribution >= 4 is 36.0 Å². The summed E-state index contributed by atoms with van der Waals surface area (Å²) in [7, 11) is 2.64. The van der Waals surface area contributed by atoms with Gasteiger partial charge < -0.3 is 9.80 Å². The lowest BCUT2D eigenvalue weighted by atomic mass is 9.74. The van der Waals surface area contributed by atoms with Gasteiger partial charge in [0, 0.05) is 26.0 Å². The molecule has 0 atom stereocenters. The lowest BCUT2D eigenvalue weighted by Crippen LogP contribution is -2.27. The third-order valence-electron chi connectivity index (χ3n) is 3.82. The van der Waals surface area contributed by atoms with Gasteiger partial charge in [0.05, 0.1) is 11.3 Å². The number of pyridine rings is 2. The molecule has 0 unspecified atom stereocenters. The van der Waals surface area contributed by atoms with Gasteiger partial charge in [-0.1, -0.05) is 18.4 Å². The van der Waals surface area contributed by atoms with E-state index in [4.69, 9.17) is 0 Å². The molecule has 0 aliphatic carbocycles. The molecule has 6 heteroatoms. The summed E-state index contributed by atoms with van der Waals surface area (Å²) in [6.45, 7) is 4.80. The van der Waals surface area contributed by atoms with Crippen molar-refractivity contribution in [3.63, 3.8) is 0 Å². The maximum atomic E-state index is 12.8. The van der Waals surface area contributed by atoms with Crippen LogP contribution < -0.4 is 15.3 Å². The van der Waals surface area contributed by atoms with Gasteiger partial charge in [0.2, 0.25) is 0 Å². The Balaban J connectivity index is 2.28. The Bertz CT molecular complexity index is 704. The summed E-state index contributed by atoms with van der Waals surface area (Å²) in [6.07, 6.45) is 3.58. The van der Waals surface area contributed by atoms with Gasteiger partial charge in [-0.15, -0.1) is 0 Å². The number of aromatic nitrogens is 2. The molecule has 1 aliphatic rings. The third-order valence-corrected chi connectivity index (χ3v) is 3.82. The van der Waals surface area contributed by atoms with Crippen molar-refractivity contribution < 1.29 is 4.79 Å². The van der Waals surface area contributed by atoms with Crippen LogP contribution >= 0.6 is 0 Å². The SMILES string of the molecule is CBc1cnc2c(c1)C(=O)N(C)c1cccnc1N2CC. The first-order valence-electron chi connectivity index (χ1n) is 7.16. The number of anilines is 3. The molecular formula is C15H17BN4O. The Labute approximate surface area is 124 Å². The molecule has 5 nitrogen and oxygen atoms in total. The van der Waals surface area contributed by atoms with E-state index in [1.807, 2.05) is 36.2 Å². The maximum Gasteiger partial charge on any atom is 0.261 e. The quantitative estimate of drug-likeness (QED) is 0.779. The minimum atomic E-state index is -0.0435. The van der Waals surface area contributed by atoms with E-state index in [1.165, 1.54) is 0 Å². The first-order valence-corrected chi connectivity index (χ1v) is 7.16. The summed E-state index contributed by atoms with van der Waals surface area (Å²) in [5, 5.41) is 0. The summed E-state index contributed by atoms with van der Waals surface area (Å²) in [6, 6.07) is 5.70. The molecule has 0 bridgehead atoms. The highest BCUT2D eigenvalue weighted by molar-refractivity contribution is 6.52. The minimum Gasteiger partial charge on any atom is -0.309 e. The molecule has 3 heterocycles. The number of amides is 1. The van der Waals surface area contributed by atoms with Gasteiger partial charge in [-0.3, -0.25) is 4.79 Å². The lowest BCUT2D eigenvalue weighted by molar-refractivity contribution is 0.0994. The Kier molecular flexibility index (Phi) is 3.37. The van der Waals surface area contributed by atoms with Crippen molar-refractivity contribution in [3.8, 4) is 0 Å². The van der Waals surface area contributed by atoms with E-state index in [0.717, 1.165) is 24.2 Å². The average Bonchev–Trinajstić information content (AvgIpc) is 2.62. The van der Waals surface area contributed by atoms with Crippen LogP contribution in [0.1, 0.15) is 17.3 Å². The van der Waals surface area contributed by atoms with E-state index in [0.29, 0.717) is 17.9 Å². The fraction of sp³-hybridized carbons (Fsp3) is 0.267. The zero-order chi connectivity index (χ0) is 15.0. The van der Waals surface area contributed by atoms with Gasteiger partial charge in [-0.2, -0.15) is 0 Å². The van der Waals surface area contributed by atoms with Crippen LogP contribution in [0.2, 0.25) is 6.82 Å². The number of nitrogens with zero attached hydrogens (tertiary/aromatic N) is 4. The van der Waals surface area contributed by atoms with Crippen LogP contribution in [0.25, 0.3) is 0 Å². The van der Waals surface area contributed by atoms with Crippen LogP contribution in [0.4, 0.5) is 17.3 Å². The predicted octanol–water partition coefficient (Wildman–Crippen LogP) is 1.33.